The van der Waals surface area contributed by atoms with Crippen LogP contribution in [0.25, 0.3) is 0 Å². The molecule has 1 amide bonds. The van der Waals surface area contributed by atoms with Crippen LogP contribution in [0.5, 0.6) is 5.75 Å². The van der Waals surface area contributed by atoms with Gasteiger partial charge in [0.25, 0.3) is 0 Å². The van der Waals surface area contributed by atoms with Crippen molar-refractivity contribution in [2.75, 3.05) is 19.6 Å². The number of hydrogen-bond donors (Lipinski definition) is 2. The normalized spacial score (nSPS) is 18.4. The van der Waals surface area contributed by atoms with E-state index in [4.69, 9.17) is 5.11 Å². The highest BCUT2D eigenvalue weighted by Gasteiger charge is 2.26. The van der Waals surface area contributed by atoms with Crippen LogP contribution in [0, 0.1) is 5.92 Å². The van der Waals surface area contributed by atoms with Crippen molar-refractivity contribution in [1.29, 1.82) is 0 Å². The number of alkyl halides is 2. The molecule has 1 aromatic rings. The molecule has 1 unspecified atom stereocenters. The summed E-state index contributed by atoms with van der Waals surface area (Å²) in [6.45, 7) is -1.37. The molecular weight excluding hydrogens is 322 g/mol. The fourth-order valence-corrected chi connectivity index (χ4v) is 2.65. The van der Waals surface area contributed by atoms with Gasteiger partial charge >= 0.3 is 12.6 Å². The van der Waals surface area contributed by atoms with Gasteiger partial charge in [-0.25, -0.2) is 0 Å². The minimum Gasteiger partial charge on any atom is -0.481 e. The molecule has 8 heteroatoms. The second-order valence-electron chi connectivity index (χ2n) is 5.71. The van der Waals surface area contributed by atoms with E-state index in [-0.39, 0.29) is 24.7 Å². The maximum Gasteiger partial charge on any atom is 0.387 e. The van der Waals surface area contributed by atoms with E-state index in [1.807, 2.05) is 4.90 Å². The van der Waals surface area contributed by atoms with Crippen LogP contribution < -0.4 is 10.1 Å². The fourth-order valence-electron chi connectivity index (χ4n) is 2.65. The average molecular weight is 342 g/mol. The van der Waals surface area contributed by atoms with Gasteiger partial charge in [-0.05, 0) is 37.1 Å². The van der Waals surface area contributed by atoms with Gasteiger partial charge in [0.15, 0.2) is 0 Å². The molecule has 0 bridgehead atoms. The second kappa shape index (κ2) is 8.58. The summed E-state index contributed by atoms with van der Waals surface area (Å²) in [7, 11) is 0. The Morgan fingerprint density at radius 2 is 2.04 bits per heavy atom. The van der Waals surface area contributed by atoms with Gasteiger partial charge in [0, 0.05) is 13.1 Å². The van der Waals surface area contributed by atoms with Gasteiger partial charge < -0.3 is 15.2 Å². The number of carboxylic acids is 1. The standard InChI is InChI=1S/C16H20F2N2O4/c17-16(18)24-13-5-3-11(4-6-13)8-19-14(21)10-20-7-1-2-12(9-20)15(22)23/h3-6,12,16H,1-2,7-10H2,(H,19,21)(H,22,23). The summed E-state index contributed by atoms with van der Waals surface area (Å²) in [4.78, 5) is 24.8. The molecule has 1 aromatic carbocycles. The summed E-state index contributed by atoms with van der Waals surface area (Å²) in [5.41, 5.74) is 0.757. The molecule has 0 aliphatic carbocycles. The van der Waals surface area contributed by atoms with Crippen LogP contribution >= 0.6 is 0 Å². The maximum atomic E-state index is 12.1. The predicted molar refractivity (Wildman–Crippen MR) is 81.7 cm³/mol. The summed E-state index contributed by atoms with van der Waals surface area (Å²) in [6.07, 6.45) is 1.40. The molecule has 2 N–H and O–H groups in total. The van der Waals surface area contributed by atoms with Crippen molar-refractivity contribution in [1.82, 2.24) is 10.2 Å². The number of piperidine rings is 1. The van der Waals surface area contributed by atoms with Gasteiger partial charge in [0.05, 0.1) is 12.5 Å². The second-order valence-corrected chi connectivity index (χ2v) is 5.71. The quantitative estimate of drug-likeness (QED) is 0.789. The third kappa shape index (κ3) is 5.77. The van der Waals surface area contributed by atoms with Gasteiger partial charge in [0.1, 0.15) is 5.75 Å². The largest absolute Gasteiger partial charge is 0.481 e. The molecule has 2 rings (SSSR count). The van der Waals surface area contributed by atoms with Gasteiger partial charge in [-0.15, -0.1) is 0 Å². The van der Waals surface area contributed by atoms with Crippen LogP contribution in [0.4, 0.5) is 8.78 Å². The topological polar surface area (TPSA) is 78.9 Å². The van der Waals surface area contributed by atoms with Gasteiger partial charge in [0.2, 0.25) is 5.91 Å². The lowest BCUT2D eigenvalue weighted by atomic mass is 9.98. The molecule has 1 aliphatic heterocycles. The van der Waals surface area contributed by atoms with Crippen molar-refractivity contribution in [3.05, 3.63) is 29.8 Å². The molecule has 0 radical (unpaired) electrons. The highest BCUT2D eigenvalue weighted by Crippen LogP contribution is 2.16. The highest BCUT2D eigenvalue weighted by molar-refractivity contribution is 5.78. The van der Waals surface area contributed by atoms with Crippen LogP contribution in [0.2, 0.25) is 0 Å². The Balaban J connectivity index is 1.75. The van der Waals surface area contributed by atoms with Crippen LogP contribution in [0.15, 0.2) is 24.3 Å². The number of carbonyl (C=O) groups is 2. The number of halogens is 2. The van der Waals surface area contributed by atoms with E-state index in [9.17, 15) is 18.4 Å². The summed E-state index contributed by atoms with van der Waals surface area (Å²) < 4.78 is 28.4. The zero-order valence-electron chi connectivity index (χ0n) is 13.1. The molecule has 1 heterocycles. The molecule has 1 fully saturated rings. The Kier molecular flexibility index (Phi) is 6.48. The number of carbonyl (C=O) groups excluding carboxylic acids is 1. The molecular formula is C16H20F2N2O4. The van der Waals surface area contributed by atoms with Gasteiger partial charge in [-0.1, -0.05) is 12.1 Å². The number of benzene rings is 1. The first-order valence-corrected chi connectivity index (χ1v) is 7.69. The van der Waals surface area contributed by atoms with Gasteiger partial charge in [-0.2, -0.15) is 8.78 Å². The molecule has 0 aromatic heterocycles. The third-order valence-corrected chi connectivity index (χ3v) is 3.86. The van der Waals surface area contributed by atoms with Crippen molar-refractivity contribution in [2.24, 2.45) is 5.92 Å². The van der Waals surface area contributed by atoms with E-state index >= 15 is 0 Å². The fraction of sp³-hybridized carbons (Fsp3) is 0.500. The number of amides is 1. The first-order valence-electron chi connectivity index (χ1n) is 7.69. The minimum atomic E-state index is -2.87. The van der Waals surface area contributed by atoms with E-state index in [0.717, 1.165) is 12.0 Å². The number of hydrogen-bond acceptors (Lipinski definition) is 4. The molecule has 132 valence electrons. The molecule has 0 spiro atoms. The Hall–Kier alpha value is -2.22. The Bertz CT molecular complexity index is 566. The van der Waals surface area contributed by atoms with Crippen molar-refractivity contribution >= 4 is 11.9 Å². The SMILES string of the molecule is O=C(CN1CCCC(C(=O)O)C1)NCc1ccc(OC(F)F)cc1. The molecule has 0 saturated carbocycles. The van der Waals surface area contributed by atoms with Crippen molar-refractivity contribution in [3.8, 4) is 5.75 Å². The lowest BCUT2D eigenvalue weighted by molar-refractivity contribution is -0.144. The maximum absolute atomic E-state index is 12.1. The van der Waals surface area contributed by atoms with E-state index < -0.39 is 18.5 Å². The summed E-state index contributed by atoms with van der Waals surface area (Å²) in [5.74, 6) is -1.39. The molecule has 1 aliphatic rings. The van der Waals surface area contributed by atoms with Crippen molar-refractivity contribution < 1.29 is 28.2 Å². The number of aliphatic carboxylic acids is 1. The van der Waals surface area contributed by atoms with Crippen molar-refractivity contribution in [2.45, 2.75) is 26.0 Å². The van der Waals surface area contributed by atoms with E-state index in [0.29, 0.717) is 19.5 Å². The van der Waals surface area contributed by atoms with Crippen LogP contribution in [0.3, 0.4) is 0 Å². The Labute approximate surface area is 138 Å². The first kappa shape index (κ1) is 18.1. The third-order valence-electron chi connectivity index (χ3n) is 3.86. The average Bonchev–Trinajstić information content (AvgIpc) is 2.54. The van der Waals surface area contributed by atoms with Gasteiger partial charge in [-0.3, -0.25) is 14.5 Å². The molecule has 1 atom stereocenters. The van der Waals surface area contributed by atoms with E-state index in [2.05, 4.69) is 10.1 Å². The number of likely N-dealkylation sites (tertiary alicyclic amines) is 1. The molecule has 24 heavy (non-hydrogen) atoms. The number of ether oxygens (including phenoxy) is 1. The number of nitrogens with one attached hydrogen (secondary N) is 1. The summed E-state index contributed by atoms with van der Waals surface area (Å²) in [5, 5.41) is 11.8. The zero-order valence-corrected chi connectivity index (χ0v) is 13.1. The van der Waals surface area contributed by atoms with Crippen LogP contribution in [-0.4, -0.2) is 48.1 Å². The lowest BCUT2D eigenvalue weighted by Crippen LogP contribution is -2.44. The monoisotopic (exact) mass is 342 g/mol. The molecule has 1 saturated heterocycles. The number of nitrogens with zero attached hydrogens (tertiary/aromatic N) is 1. The van der Waals surface area contributed by atoms with E-state index in [1.165, 1.54) is 12.1 Å². The van der Waals surface area contributed by atoms with Crippen LogP contribution in [0.1, 0.15) is 18.4 Å². The zero-order chi connectivity index (χ0) is 17.5. The summed E-state index contributed by atoms with van der Waals surface area (Å²) in [6, 6.07) is 6.02. The first-order chi connectivity index (χ1) is 11.4. The Morgan fingerprint density at radius 3 is 2.67 bits per heavy atom. The van der Waals surface area contributed by atoms with Crippen LogP contribution in [-0.2, 0) is 16.1 Å². The number of carboxylic acid groups (broad SMARTS) is 1. The summed E-state index contributed by atoms with van der Waals surface area (Å²) >= 11 is 0. The predicted octanol–water partition coefficient (Wildman–Crippen LogP) is 1.70. The number of rotatable bonds is 7. The minimum absolute atomic E-state index is 0.0631. The Morgan fingerprint density at radius 1 is 1.33 bits per heavy atom. The smallest absolute Gasteiger partial charge is 0.387 e. The highest BCUT2D eigenvalue weighted by atomic mass is 19.3. The van der Waals surface area contributed by atoms with Crippen molar-refractivity contribution in [3.63, 3.8) is 0 Å². The van der Waals surface area contributed by atoms with E-state index in [1.54, 1.807) is 12.1 Å². The molecule has 6 nitrogen and oxygen atoms in total. The lowest BCUT2D eigenvalue weighted by Gasteiger charge is -2.29.